The first-order valence-corrected chi connectivity index (χ1v) is 10.2. The molecule has 4 nitrogen and oxygen atoms in total. The van der Waals surface area contributed by atoms with Crippen LogP contribution < -0.4 is 10.3 Å². The molecule has 0 saturated heterocycles. The molecule has 0 spiro atoms. The molecular formula is C24H19N4S+. The summed E-state index contributed by atoms with van der Waals surface area (Å²) < 4.78 is 2.20. The molecule has 0 bridgehead atoms. The number of nitrogens with two attached hydrogens (primary N) is 1. The minimum Gasteiger partial charge on any atom is -0.399 e. The highest BCUT2D eigenvalue weighted by Gasteiger charge is 2.19. The van der Waals surface area contributed by atoms with Gasteiger partial charge in [-0.25, -0.2) is 4.98 Å². The average molecular weight is 396 g/mol. The zero-order valence-corrected chi connectivity index (χ0v) is 16.7. The Morgan fingerprint density at radius 3 is 2.41 bits per heavy atom. The van der Waals surface area contributed by atoms with E-state index in [0.29, 0.717) is 5.69 Å². The molecule has 140 valence electrons. The molecule has 3 aromatic carbocycles. The summed E-state index contributed by atoms with van der Waals surface area (Å²) >= 11 is 1.73. The number of thiophene rings is 1. The Morgan fingerprint density at radius 1 is 0.897 bits per heavy atom. The predicted molar refractivity (Wildman–Crippen MR) is 122 cm³/mol. The molecule has 0 atom stereocenters. The number of anilines is 1. The largest absolute Gasteiger partial charge is 0.399 e. The van der Waals surface area contributed by atoms with Gasteiger partial charge in [-0.05, 0) is 43.3 Å². The summed E-state index contributed by atoms with van der Waals surface area (Å²) in [4.78, 5) is 12.0. The second-order valence-corrected chi connectivity index (χ2v) is 8.23. The van der Waals surface area contributed by atoms with Crippen LogP contribution in [0.2, 0.25) is 0 Å². The maximum atomic E-state index is 6.10. The normalized spacial score (nSPS) is 11.6. The van der Waals surface area contributed by atoms with E-state index in [4.69, 9.17) is 15.7 Å². The SMILES string of the molecule is Cc1ccc(C=Nc2ccc3nc4ccc(N)cc4[n+](-c4ccccc4)c3c2)s1. The van der Waals surface area contributed by atoms with Crippen LogP contribution in [0, 0.1) is 6.92 Å². The van der Waals surface area contributed by atoms with Crippen molar-refractivity contribution in [3.8, 4) is 5.69 Å². The fourth-order valence-electron chi connectivity index (χ4n) is 3.46. The number of rotatable bonds is 3. The van der Waals surface area contributed by atoms with Gasteiger partial charge in [-0.3, -0.25) is 4.99 Å². The van der Waals surface area contributed by atoms with Crippen LogP contribution >= 0.6 is 11.3 Å². The third-order valence-electron chi connectivity index (χ3n) is 4.80. The smallest absolute Gasteiger partial charge is 0.239 e. The molecule has 0 saturated carbocycles. The Hall–Kier alpha value is -3.57. The van der Waals surface area contributed by atoms with E-state index in [-0.39, 0.29) is 0 Å². The van der Waals surface area contributed by atoms with Crippen LogP contribution in [-0.4, -0.2) is 11.2 Å². The van der Waals surface area contributed by atoms with Gasteiger partial charge in [0.2, 0.25) is 16.7 Å². The number of hydrogen-bond acceptors (Lipinski definition) is 4. The zero-order chi connectivity index (χ0) is 19.8. The Balaban J connectivity index is 1.75. The Labute approximate surface area is 172 Å². The molecule has 0 aliphatic rings. The third kappa shape index (κ3) is 3.37. The van der Waals surface area contributed by atoms with Crippen LogP contribution in [0.15, 0.2) is 83.9 Å². The number of aryl methyl sites for hydroxylation is 1. The van der Waals surface area contributed by atoms with Crippen molar-refractivity contribution < 1.29 is 4.57 Å². The summed E-state index contributed by atoms with van der Waals surface area (Å²) in [7, 11) is 0. The van der Waals surface area contributed by atoms with E-state index in [1.165, 1.54) is 4.88 Å². The van der Waals surface area contributed by atoms with Gasteiger partial charge in [-0.2, -0.15) is 0 Å². The second-order valence-electron chi connectivity index (χ2n) is 6.91. The molecule has 5 heteroatoms. The summed E-state index contributed by atoms with van der Waals surface area (Å²) in [5.41, 5.74) is 12.5. The molecule has 5 rings (SSSR count). The molecule has 2 heterocycles. The van der Waals surface area contributed by atoms with Crippen LogP contribution in [0.25, 0.3) is 27.8 Å². The number of para-hydroxylation sites is 1. The maximum Gasteiger partial charge on any atom is 0.239 e. The molecule has 0 aliphatic heterocycles. The topological polar surface area (TPSA) is 55.1 Å². The summed E-state index contributed by atoms with van der Waals surface area (Å²) in [6.45, 7) is 2.10. The number of nitrogens with zero attached hydrogens (tertiary/aromatic N) is 3. The van der Waals surface area contributed by atoms with Crippen molar-refractivity contribution in [1.82, 2.24) is 4.98 Å². The number of nitrogen functional groups attached to an aromatic ring is 1. The number of benzene rings is 3. The number of aromatic nitrogens is 2. The Bertz CT molecular complexity index is 1370. The van der Waals surface area contributed by atoms with Gasteiger partial charge in [0.05, 0.1) is 5.69 Å². The van der Waals surface area contributed by atoms with Crippen LogP contribution in [0.5, 0.6) is 0 Å². The van der Waals surface area contributed by atoms with Gasteiger partial charge >= 0.3 is 0 Å². The summed E-state index contributed by atoms with van der Waals surface area (Å²) in [5, 5.41) is 0. The highest BCUT2D eigenvalue weighted by atomic mass is 32.1. The lowest BCUT2D eigenvalue weighted by atomic mass is 10.2. The van der Waals surface area contributed by atoms with Gasteiger partial charge in [0.25, 0.3) is 0 Å². The van der Waals surface area contributed by atoms with Gasteiger partial charge in [-0.1, -0.05) is 18.2 Å². The summed E-state index contributed by atoms with van der Waals surface area (Å²) in [5.74, 6) is 0. The lowest BCUT2D eigenvalue weighted by molar-refractivity contribution is -0.538. The van der Waals surface area contributed by atoms with E-state index < -0.39 is 0 Å². The first-order valence-electron chi connectivity index (χ1n) is 9.38. The molecular weight excluding hydrogens is 376 g/mol. The highest BCUT2D eigenvalue weighted by molar-refractivity contribution is 7.13. The van der Waals surface area contributed by atoms with E-state index in [0.717, 1.165) is 38.3 Å². The van der Waals surface area contributed by atoms with Crippen molar-refractivity contribution in [2.24, 2.45) is 4.99 Å². The standard InChI is InChI=1S/C24H18N4S/c1-16-7-10-20(29-16)15-26-18-9-12-22-24(14-18)28(19-5-3-2-4-6-19)23-13-17(25)8-11-21(23)27-22/h2-15,25H,1H3/p+1. The van der Waals surface area contributed by atoms with Crippen molar-refractivity contribution in [2.75, 3.05) is 5.73 Å². The quantitative estimate of drug-likeness (QED) is 0.193. The number of hydrogen-bond donors (Lipinski definition) is 1. The summed E-state index contributed by atoms with van der Waals surface area (Å²) in [6, 6.07) is 26.4. The predicted octanol–water partition coefficient (Wildman–Crippen LogP) is 5.37. The van der Waals surface area contributed by atoms with Gasteiger partial charge in [0, 0.05) is 45.9 Å². The minimum atomic E-state index is 0.713. The van der Waals surface area contributed by atoms with E-state index in [1.54, 1.807) is 11.3 Å². The van der Waals surface area contributed by atoms with Crippen molar-refractivity contribution in [1.29, 1.82) is 0 Å². The van der Waals surface area contributed by atoms with E-state index in [2.05, 4.69) is 41.8 Å². The van der Waals surface area contributed by atoms with Crippen molar-refractivity contribution >= 4 is 51.0 Å². The molecule has 0 aliphatic carbocycles. The van der Waals surface area contributed by atoms with Crippen molar-refractivity contribution in [3.05, 3.63) is 88.6 Å². The summed E-state index contributed by atoms with van der Waals surface area (Å²) in [6.07, 6.45) is 1.91. The van der Waals surface area contributed by atoms with Crippen LogP contribution in [0.1, 0.15) is 9.75 Å². The second kappa shape index (κ2) is 7.11. The number of fused-ring (bicyclic) bond motifs is 2. The Morgan fingerprint density at radius 2 is 1.66 bits per heavy atom. The first kappa shape index (κ1) is 17.5. The number of aliphatic imine (C=N–C) groups is 1. The molecule has 29 heavy (non-hydrogen) atoms. The monoisotopic (exact) mass is 395 g/mol. The molecule has 2 aromatic heterocycles. The third-order valence-corrected chi connectivity index (χ3v) is 5.73. The van der Waals surface area contributed by atoms with Crippen molar-refractivity contribution in [3.63, 3.8) is 0 Å². The van der Waals surface area contributed by atoms with Crippen LogP contribution in [0.3, 0.4) is 0 Å². The van der Waals surface area contributed by atoms with Crippen molar-refractivity contribution in [2.45, 2.75) is 6.92 Å². The molecule has 0 unspecified atom stereocenters. The fourth-order valence-corrected chi connectivity index (χ4v) is 4.20. The molecule has 0 fully saturated rings. The fraction of sp³-hybridized carbons (Fsp3) is 0.0417. The van der Waals surface area contributed by atoms with Crippen LogP contribution in [-0.2, 0) is 0 Å². The van der Waals surface area contributed by atoms with Crippen LogP contribution in [0.4, 0.5) is 11.4 Å². The average Bonchev–Trinajstić information content (AvgIpc) is 3.16. The van der Waals surface area contributed by atoms with Gasteiger partial charge < -0.3 is 5.73 Å². The van der Waals surface area contributed by atoms with Gasteiger partial charge in [-0.15, -0.1) is 15.9 Å². The lowest BCUT2D eigenvalue weighted by Gasteiger charge is -2.06. The molecule has 5 aromatic rings. The zero-order valence-electron chi connectivity index (χ0n) is 15.9. The van der Waals surface area contributed by atoms with Gasteiger partial charge in [0.1, 0.15) is 11.0 Å². The molecule has 0 amide bonds. The van der Waals surface area contributed by atoms with E-state index >= 15 is 0 Å². The van der Waals surface area contributed by atoms with E-state index in [9.17, 15) is 0 Å². The molecule has 0 radical (unpaired) electrons. The Kier molecular flexibility index (Phi) is 4.30. The maximum absolute atomic E-state index is 6.10. The highest BCUT2D eigenvalue weighted by Crippen LogP contribution is 2.23. The van der Waals surface area contributed by atoms with Gasteiger partial charge in [0.15, 0.2) is 0 Å². The van der Waals surface area contributed by atoms with E-state index in [1.807, 2.05) is 54.7 Å². The first-order chi connectivity index (χ1) is 14.2. The minimum absolute atomic E-state index is 0.713. The lowest BCUT2D eigenvalue weighted by Crippen LogP contribution is -2.33. The molecule has 2 N–H and O–H groups in total.